The normalized spacial score (nSPS) is 11.5. The van der Waals surface area contributed by atoms with E-state index in [1.54, 1.807) is 0 Å². The summed E-state index contributed by atoms with van der Waals surface area (Å²) >= 11 is 4.23. The minimum atomic E-state index is 0.891. The van der Waals surface area contributed by atoms with E-state index in [0.717, 1.165) is 24.4 Å². The van der Waals surface area contributed by atoms with E-state index in [9.17, 15) is 0 Å². The molecule has 1 heterocycles. The summed E-state index contributed by atoms with van der Waals surface area (Å²) in [7, 11) is 4.13. The van der Waals surface area contributed by atoms with Crippen molar-refractivity contribution in [2.75, 3.05) is 19.3 Å². The maximum Gasteiger partial charge on any atom is 0.0955 e. The zero-order chi connectivity index (χ0) is 11.5. The first kappa shape index (κ1) is 11.5. The molecule has 0 saturated heterocycles. The number of nitrogens with zero attached hydrogens (tertiary/aromatic N) is 3. The Morgan fingerprint density at radius 1 is 1.44 bits per heavy atom. The van der Waals surface area contributed by atoms with Crippen molar-refractivity contribution in [2.24, 2.45) is 7.05 Å². The van der Waals surface area contributed by atoms with E-state index in [4.69, 9.17) is 0 Å². The average molecular weight is 235 g/mol. The zero-order valence-electron chi connectivity index (χ0n) is 9.72. The highest BCUT2D eigenvalue weighted by Gasteiger charge is 2.03. The highest BCUT2D eigenvalue weighted by molar-refractivity contribution is 7.80. The smallest absolute Gasteiger partial charge is 0.0955 e. The van der Waals surface area contributed by atoms with Gasteiger partial charge in [-0.05, 0) is 24.7 Å². The van der Waals surface area contributed by atoms with Gasteiger partial charge in [0, 0.05) is 25.9 Å². The SMILES string of the molecule is CN(CCS)Cc1ccc2c(c1)ncn2C. The van der Waals surface area contributed by atoms with Crippen LogP contribution in [0.3, 0.4) is 0 Å². The molecule has 86 valence electrons. The van der Waals surface area contributed by atoms with Gasteiger partial charge in [-0.15, -0.1) is 0 Å². The number of thiol groups is 1. The van der Waals surface area contributed by atoms with Gasteiger partial charge < -0.3 is 9.47 Å². The molecule has 3 nitrogen and oxygen atoms in total. The van der Waals surface area contributed by atoms with Crippen LogP contribution < -0.4 is 0 Å². The molecule has 0 amide bonds. The van der Waals surface area contributed by atoms with Gasteiger partial charge in [0.2, 0.25) is 0 Å². The van der Waals surface area contributed by atoms with Gasteiger partial charge in [0.1, 0.15) is 0 Å². The van der Waals surface area contributed by atoms with Gasteiger partial charge >= 0.3 is 0 Å². The summed E-state index contributed by atoms with van der Waals surface area (Å²) in [5.41, 5.74) is 3.55. The van der Waals surface area contributed by atoms with Crippen molar-refractivity contribution in [1.29, 1.82) is 0 Å². The van der Waals surface area contributed by atoms with Gasteiger partial charge in [-0.25, -0.2) is 4.98 Å². The molecule has 2 rings (SSSR count). The molecular formula is C12H17N3S. The molecule has 1 aromatic heterocycles. The second-order valence-corrected chi connectivity index (χ2v) is 4.59. The van der Waals surface area contributed by atoms with Crippen LogP contribution >= 0.6 is 12.6 Å². The highest BCUT2D eigenvalue weighted by atomic mass is 32.1. The van der Waals surface area contributed by atoms with Crippen LogP contribution in [0.2, 0.25) is 0 Å². The maximum absolute atomic E-state index is 4.36. The van der Waals surface area contributed by atoms with E-state index in [2.05, 4.69) is 47.8 Å². The van der Waals surface area contributed by atoms with Gasteiger partial charge in [-0.2, -0.15) is 12.6 Å². The van der Waals surface area contributed by atoms with Crippen LogP contribution in [0.5, 0.6) is 0 Å². The van der Waals surface area contributed by atoms with Crippen LogP contribution in [0.15, 0.2) is 24.5 Å². The second kappa shape index (κ2) is 4.89. The first-order valence-corrected chi connectivity index (χ1v) is 6.03. The Labute approximate surface area is 101 Å². The summed E-state index contributed by atoms with van der Waals surface area (Å²) in [5, 5.41) is 0. The van der Waals surface area contributed by atoms with Crippen LogP contribution in [0.4, 0.5) is 0 Å². The number of fused-ring (bicyclic) bond motifs is 1. The fraction of sp³-hybridized carbons (Fsp3) is 0.417. The summed E-state index contributed by atoms with van der Waals surface area (Å²) in [6.45, 7) is 1.95. The lowest BCUT2D eigenvalue weighted by molar-refractivity contribution is 0.349. The van der Waals surface area contributed by atoms with Gasteiger partial charge in [-0.3, -0.25) is 0 Å². The molecule has 0 atom stereocenters. The van der Waals surface area contributed by atoms with Crippen molar-refractivity contribution >= 4 is 23.7 Å². The van der Waals surface area contributed by atoms with Crippen LogP contribution in [-0.2, 0) is 13.6 Å². The summed E-state index contributed by atoms with van der Waals surface area (Å²) in [6.07, 6.45) is 1.85. The number of hydrogen-bond donors (Lipinski definition) is 1. The van der Waals surface area contributed by atoms with Crippen molar-refractivity contribution in [3.63, 3.8) is 0 Å². The van der Waals surface area contributed by atoms with E-state index >= 15 is 0 Å². The Bertz CT molecular complexity index is 478. The molecular weight excluding hydrogens is 218 g/mol. The molecule has 0 aliphatic carbocycles. The van der Waals surface area contributed by atoms with E-state index < -0.39 is 0 Å². The predicted molar refractivity (Wildman–Crippen MR) is 70.9 cm³/mol. The van der Waals surface area contributed by atoms with Gasteiger partial charge in [0.25, 0.3) is 0 Å². The van der Waals surface area contributed by atoms with Gasteiger partial charge in [0.05, 0.1) is 17.4 Å². The minimum absolute atomic E-state index is 0.891. The molecule has 0 unspecified atom stereocenters. The van der Waals surface area contributed by atoms with Crippen LogP contribution in [-0.4, -0.2) is 33.8 Å². The average Bonchev–Trinajstić information content (AvgIpc) is 2.60. The second-order valence-electron chi connectivity index (χ2n) is 4.14. The Kier molecular flexibility index (Phi) is 3.51. The lowest BCUT2D eigenvalue weighted by atomic mass is 10.2. The molecule has 0 fully saturated rings. The molecule has 2 aromatic rings. The maximum atomic E-state index is 4.36. The first-order chi connectivity index (χ1) is 7.70. The number of aromatic nitrogens is 2. The standard InChI is InChI=1S/C12H17N3S/c1-14(5-6-16)8-10-3-4-12-11(7-10)13-9-15(12)2/h3-4,7,9,16H,5-6,8H2,1-2H3. The third kappa shape index (κ3) is 2.39. The predicted octanol–water partition coefficient (Wildman–Crippen LogP) is 1.93. The molecule has 1 aromatic carbocycles. The summed E-state index contributed by atoms with van der Waals surface area (Å²) in [5.74, 6) is 0.891. The Balaban J connectivity index is 2.19. The molecule has 0 spiro atoms. The fourth-order valence-corrected chi connectivity index (χ4v) is 2.18. The van der Waals surface area contributed by atoms with Crippen molar-refractivity contribution in [2.45, 2.75) is 6.54 Å². The quantitative estimate of drug-likeness (QED) is 0.818. The molecule has 0 saturated carbocycles. The largest absolute Gasteiger partial charge is 0.334 e. The monoisotopic (exact) mass is 235 g/mol. The minimum Gasteiger partial charge on any atom is -0.334 e. The van der Waals surface area contributed by atoms with Gasteiger partial charge in [-0.1, -0.05) is 6.07 Å². The number of benzene rings is 1. The van der Waals surface area contributed by atoms with E-state index in [0.29, 0.717) is 0 Å². The third-order valence-electron chi connectivity index (χ3n) is 2.72. The molecule has 0 aliphatic heterocycles. The molecule has 0 N–H and O–H groups in total. The number of imidazole rings is 1. The van der Waals surface area contributed by atoms with Gasteiger partial charge in [0.15, 0.2) is 0 Å². The molecule has 0 radical (unpaired) electrons. The Morgan fingerprint density at radius 3 is 3.00 bits per heavy atom. The van der Waals surface area contributed by atoms with Crippen molar-refractivity contribution in [3.8, 4) is 0 Å². The third-order valence-corrected chi connectivity index (χ3v) is 2.92. The van der Waals surface area contributed by atoms with E-state index in [1.165, 1.54) is 11.1 Å². The topological polar surface area (TPSA) is 21.1 Å². The molecule has 16 heavy (non-hydrogen) atoms. The van der Waals surface area contributed by atoms with Crippen molar-refractivity contribution in [3.05, 3.63) is 30.1 Å². The number of rotatable bonds is 4. The summed E-state index contributed by atoms with van der Waals surface area (Å²) in [4.78, 5) is 6.62. The first-order valence-electron chi connectivity index (χ1n) is 5.40. The fourth-order valence-electron chi connectivity index (χ4n) is 1.84. The Morgan fingerprint density at radius 2 is 2.25 bits per heavy atom. The highest BCUT2D eigenvalue weighted by Crippen LogP contribution is 2.14. The Hall–Kier alpha value is -1.00. The summed E-state index contributed by atoms with van der Waals surface area (Å²) in [6, 6.07) is 6.45. The number of hydrogen-bond acceptors (Lipinski definition) is 3. The van der Waals surface area contributed by atoms with E-state index in [1.807, 2.05) is 17.9 Å². The van der Waals surface area contributed by atoms with Crippen LogP contribution in [0.1, 0.15) is 5.56 Å². The van der Waals surface area contributed by atoms with Crippen molar-refractivity contribution < 1.29 is 0 Å². The van der Waals surface area contributed by atoms with Crippen LogP contribution in [0, 0.1) is 0 Å². The zero-order valence-corrected chi connectivity index (χ0v) is 10.6. The molecule has 0 aliphatic rings. The molecule has 0 bridgehead atoms. The number of aryl methyl sites for hydroxylation is 1. The summed E-state index contributed by atoms with van der Waals surface area (Å²) < 4.78 is 2.04. The lowest BCUT2D eigenvalue weighted by Crippen LogP contribution is -2.19. The van der Waals surface area contributed by atoms with Crippen molar-refractivity contribution in [1.82, 2.24) is 14.5 Å². The molecule has 4 heteroatoms. The van der Waals surface area contributed by atoms with Crippen LogP contribution in [0.25, 0.3) is 11.0 Å². The van der Waals surface area contributed by atoms with E-state index in [-0.39, 0.29) is 0 Å². The lowest BCUT2D eigenvalue weighted by Gasteiger charge is -2.14.